The van der Waals surface area contributed by atoms with E-state index in [0.29, 0.717) is 6.61 Å². The summed E-state index contributed by atoms with van der Waals surface area (Å²) in [6, 6.07) is 0. The smallest absolute Gasteiger partial charge is 0.0698 e. The van der Waals surface area contributed by atoms with Crippen LogP contribution >= 0.6 is 0 Å². The van der Waals surface area contributed by atoms with Crippen LogP contribution in [0.15, 0.2) is 0 Å². The van der Waals surface area contributed by atoms with E-state index in [1.807, 2.05) is 0 Å². The van der Waals surface area contributed by atoms with Gasteiger partial charge in [-0.15, -0.1) is 0 Å². The summed E-state index contributed by atoms with van der Waals surface area (Å²) in [6.07, 6.45) is 4.03. The molecule has 3 nitrogen and oxygen atoms in total. The van der Waals surface area contributed by atoms with Crippen molar-refractivity contribution in [2.45, 2.75) is 26.2 Å². The quantitative estimate of drug-likeness (QED) is 0.626. The van der Waals surface area contributed by atoms with E-state index in [1.54, 1.807) is 0 Å². The second-order valence-electron chi connectivity index (χ2n) is 4.08. The summed E-state index contributed by atoms with van der Waals surface area (Å²) >= 11 is 0. The highest BCUT2D eigenvalue weighted by Gasteiger charge is 2.20. The minimum absolute atomic E-state index is 0.137. The van der Waals surface area contributed by atoms with Crippen LogP contribution < -0.4 is 0 Å². The van der Waals surface area contributed by atoms with Crippen molar-refractivity contribution in [2.24, 2.45) is 5.92 Å². The molecule has 3 heteroatoms. The number of likely N-dealkylation sites (tertiary alicyclic amines) is 1. The Bertz CT molecular complexity index is 141. The van der Waals surface area contributed by atoms with Gasteiger partial charge in [-0.05, 0) is 25.3 Å². The van der Waals surface area contributed by atoms with E-state index in [2.05, 4.69) is 11.8 Å². The second kappa shape index (κ2) is 7.21. The molecule has 0 bridgehead atoms. The average Bonchev–Trinajstić information content (AvgIpc) is 2.61. The molecule has 84 valence electrons. The Balaban J connectivity index is 1.98. The fourth-order valence-corrected chi connectivity index (χ4v) is 2.12. The lowest BCUT2D eigenvalue weighted by molar-refractivity contribution is 0.0774. The van der Waals surface area contributed by atoms with E-state index in [-0.39, 0.29) is 6.61 Å². The van der Waals surface area contributed by atoms with Crippen molar-refractivity contribution in [3.8, 4) is 0 Å². The number of rotatable bonds is 7. The van der Waals surface area contributed by atoms with E-state index in [9.17, 15) is 0 Å². The van der Waals surface area contributed by atoms with Gasteiger partial charge in [-0.2, -0.15) is 0 Å². The van der Waals surface area contributed by atoms with Crippen LogP contribution in [-0.4, -0.2) is 49.5 Å². The maximum Gasteiger partial charge on any atom is 0.0698 e. The maximum absolute atomic E-state index is 8.53. The Kier molecular flexibility index (Phi) is 6.15. The first-order chi connectivity index (χ1) is 6.86. The standard InChI is InChI=1S/C11H23NO2/c1-2-3-11-4-5-12(10-11)6-8-14-9-7-13/h11,13H,2-10H2,1H3. The van der Waals surface area contributed by atoms with Gasteiger partial charge in [-0.25, -0.2) is 0 Å². The Morgan fingerprint density at radius 3 is 3.00 bits per heavy atom. The predicted octanol–water partition coefficient (Wildman–Crippen LogP) is 1.12. The van der Waals surface area contributed by atoms with Crippen molar-refractivity contribution >= 4 is 0 Å². The number of aliphatic hydroxyl groups excluding tert-OH is 1. The highest BCUT2D eigenvalue weighted by atomic mass is 16.5. The lowest BCUT2D eigenvalue weighted by atomic mass is 10.0. The van der Waals surface area contributed by atoms with Gasteiger partial charge >= 0.3 is 0 Å². The highest BCUT2D eigenvalue weighted by Crippen LogP contribution is 2.20. The third-order valence-corrected chi connectivity index (χ3v) is 2.85. The van der Waals surface area contributed by atoms with Gasteiger partial charge in [0.25, 0.3) is 0 Å². The minimum atomic E-state index is 0.137. The summed E-state index contributed by atoms with van der Waals surface area (Å²) in [5.74, 6) is 0.915. The topological polar surface area (TPSA) is 32.7 Å². The van der Waals surface area contributed by atoms with E-state index < -0.39 is 0 Å². The van der Waals surface area contributed by atoms with Crippen LogP contribution in [0.2, 0.25) is 0 Å². The van der Waals surface area contributed by atoms with Crippen molar-refractivity contribution in [2.75, 3.05) is 39.5 Å². The molecule has 1 aliphatic heterocycles. The lowest BCUT2D eigenvalue weighted by Crippen LogP contribution is -2.25. The van der Waals surface area contributed by atoms with Crippen LogP contribution in [0.3, 0.4) is 0 Å². The van der Waals surface area contributed by atoms with Crippen molar-refractivity contribution in [3.05, 3.63) is 0 Å². The lowest BCUT2D eigenvalue weighted by Gasteiger charge is -2.15. The van der Waals surface area contributed by atoms with Gasteiger partial charge in [0.1, 0.15) is 0 Å². The molecular weight excluding hydrogens is 178 g/mol. The van der Waals surface area contributed by atoms with Gasteiger partial charge in [0.2, 0.25) is 0 Å². The van der Waals surface area contributed by atoms with E-state index in [0.717, 1.165) is 19.1 Å². The van der Waals surface area contributed by atoms with Gasteiger partial charge < -0.3 is 14.7 Å². The molecule has 0 amide bonds. The Morgan fingerprint density at radius 1 is 1.43 bits per heavy atom. The van der Waals surface area contributed by atoms with Crippen molar-refractivity contribution in [1.29, 1.82) is 0 Å². The molecule has 1 fully saturated rings. The average molecular weight is 201 g/mol. The maximum atomic E-state index is 8.53. The van der Waals surface area contributed by atoms with Crippen molar-refractivity contribution in [3.63, 3.8) is 0 Å². The first-order valence-corrected chi connectivity index (χ1v) is 5.77. The number of hydrogen-bond donors (Lipinski definition) is 1. The van der Waals surface area contributed by atoms with Crippen LogP contribution in [-0.2, 0) is 4.74 Å². The molecule has 0 aliphatic carbocycles. The summed E-state index contributed by atoms with van der Waals surface area (Å²) in [7, 11) is 0. The van der Waals surface area contributed by atoms with Crippen LogP contribution in [0.25, 0.3) is 0 Å². The van der Waals surface area contributed by atoms with Crippen LogP contribution in [0.4, 0.5) is 0 Å². The minimum Gasteiger partial charge on any atom is -0.394 e. The van der Waals surface area contributed by atoms with Crippen molar-refractivity contribution < 1.29 is 9.84 Å². The molecule has 1 unspecified atom stereocenters. The summed E-state index contributed by atoms with van der Waals surface area (Å²) in [5.41, 5.74) is 0. The summed E-state index contributed by atoms with van der Waals surface area (Å²) in [4.78, 5) is 2.47. The molecule has 0 radical (unpaired) electrons. The Hall–Kier alpha value is -0.120. The fraction of sp³-hybridized carbons (Fsp3) is 1.00. The molecule has 1 heterocycles. The van der Waals surface area contributed by atoms with Gasteiger partial charge in [0.05, 0.1) is 19.8 Å². The molecule has 1 aliphatic rings. The molecule has 0 saturated carbocycles. The molecule has 0 aromatic rings. The van der Waals surface area contributed by atoms with Gasteiger partial charge in [0, 0.05) is 13.1 Å². The van der Waals surface area contributed by atoms with Crippen LogP contribution in [0.1, 0.15) is 26.2 Å². The second-order valence-corrected chi connectivity index (χ2v) is 4.08. The first-order valence-electron chi connectivity index (χ1n) is 5.77. The van der Waals surface area contributed by atoms with Crippen LogP contribution in [0.5, 0.6) is 0 Å². The van der Waals surface area contributed by atoms with Crippen LogP contribution in [0, 0.1) is 5.92 Å². The first kappa shape index (κ1) is 12.0. The van der Waals surface area contributed by atoms with E-state index in [4.69, 9.17) is 9.84 Å². The molecule has 1 N–H and O–H groups in total. The molecular formula is C11H23NO2. The largest absolute Gasteiger partial charge is 0.394 e. The molecule has 14 heavy (non-hydrogen) atoms. The zero-order valence-corrected chi connectivity index (χ0v) is 9.24. The zero-order chi connectivity index (χ0) is 10.2. The SMILES string of the molecule is CCCC1CCN(CCOCCO)C1. The number of ether oxygens (including phenoxy) is 1. The number of hydrogen-bond acceptors (Lipinski definition) is 3. The third-order valence-electron chi connectivity index (χ3n) is 2.85. The van der Waals surface area contributed by atoms with Gasteiger partial charge in [-0.3, -0.25) is 0 Å². The molecule has 0 aromatic heterocycles. The Morgan fingerprint density at radius 2 is 2.29 bits per heavy atom. The molecule has 1 saturated heterocycles. The highest BCUT2D eigenvalue weighted by molar-refractivity contribution is 4.74. The summed E-state index contributed by atoms with van der Waals surface area (Å²) in [6.45, 7) is 7.14. The number of aliphatic hydroxyl groups is 1. The van der Waals surface area contributed by atoms with E-state index >= 15 is 0 Å². The predicted molar refractivity (Wildman–Crippen MR) is 57.4 cm³/mol. The summed E-state index contributed by atoms with van der Waals surface area (Å²) in [5, 5.41) is 8.53. The molecule has 0 spiro atoms. The molecule has 1 atom stereocenters. The third kappa shape index (κ3) is 4.40. The van der Waals surface area contributed by atoms with E-state index in [1.165, 1.54) is 32.4 Å². The van der Waals surface area contributed by atoms with Crippen molar-refractivity contribution in [1.82, 2.24) is 4.90 Å². The fourth-order valence-electron chi connectivity index (χ4n) is 2.12. The monoisotopic (exact) mass is 201 g/mol. The Labute approximate surface area is 87.1 Å². The molecule has 0 aromatic carbocycles. The zero-order valence-electron chi connectivity index (χ0n) is 9.24. The summed E-state index contributed by atoms with van der Waals surface area (Å²) < 4.78 is 5.25. The van der Waals surface area contributed by atoms with Gasteiger partial charge in [0.15, 0.2) is 0 Å². The number of nitrogens with zero attached hydrogens (tertiary/aromatic N) is 1. The molecule has 1 rings (SSSR count). The van der Waals surface area contributed by atoms with Gasteiger partial charge in [-0.1, -0.05) is 13.3 Å². The normalized spacial score (nSPS) is 23.1.